The summed E-state index contributed by atoms with van der Waals surface area (Å²) >= 11 is 0. The number of methoxy groups -OCH3 is 1. The molecule has 96 valence electrons. The highest BCUT2D eigenvalue weighted by Gasteiger charge is 2.08. The molecule has 1 aromatic heterocycles. The molecular formula is C14H14N4O. The number of benzene rings is 1. The molecule has 0 bridgehead atoms. The van der Waals surface area contributed by atoms with Crippen molar-refractivity contribution in [3.05, 3.63) is 41.9 Å². The average molecular weight is 254 g/mol. The molecule has 0 aliphatic rings. The summed E-state index contributed by atoms with van der Waals surface area (Å²) in [6.07, 6.45) is 1.39. The summed E-state index contributed by atoms with van der Waals surface area (Å²) in [6.45, 7) is 1.98. The molecule has 0 fully saturated rings. The van der Waals surface area contributed by atoms with E-state index in [1.54, 1.807) is 13.2 Å². The Kier molecular flexibility index (Phi) is 3.62. The van der Waals surface area contributed by atoms with E-state index < -0.39 is 0 Å². The molecule has 0 aliphatic carbocycles. The minimum atomic E-state index is 0.349. The normalized spacial score (nSPS) is 9.79. The van der Waals surface area contributed by atoms with Crippen molar-refractivity contribution in [3.63, 3.8) is 0 Å². The number of aryl methyl sites for hydroxylation is 1. The third-order valence-electron chi connectivity index (χ3n) is 2.88. The van der Waals surface area contributed by atoms with Gasteiger partial charge in [0.05, 0.1) is 7.11 Å². The van der Waals surface area contributed by atoms with Crippen molar-refractivity contribution >= 4 is 11.5 Å². The van der Waals surface area contributed by atoms with Crippen LogP contribution in [-0.4, -0.2) is 24.1 Å². The van der Waals surface area contributed by atoms with Gasteiger partial charge in [-0.25, -0.2) is 9.97 Å². The topological polar surface area (TPSA) is 62.0 Å². The number of hydrogen-bond acceptors (Lipinski definition) is 5. The summed E-state index contributed by atoms with van der Waals surface area (Å²) in [5, 5.41) is 8.85. The van der Waals surface area contributed by atoms with Crippen molar-refractivity contribution in [1.82, 2.24) is 9.97 Å². The van der Waals surface area contributed by atoms with Crippen LogP contribution in [0.3, 0.4) is 0 Å². The van der Waals surface area contributed by atoms with Gasteiger partial charge in [-0.2, -0.15) is 5.26 Å². The predicted octanol–water partition coefficient (Wildman–Crippen LogP) is 2.43. The summed E-state index contributed by atoms with van der Waals surface area (Å²) in [6, 6.07) is 9.52. The Bertz CT molecular complexity index is 634. The smallest absolute Gasteiger partial charge is 0.145 e. The molecule has 2 aromatic rings. The first kappa shape index (κ1) is 12.8. The van der Waals surface area contributed by atoms with Gasteiger partial charge in [-0.05, 0) is 30.7 Å². The van der Waals surface area contributed by atoms with Gasteiger partial charge >= 0.3 is 0 Å². The standard InChI is InChI=1S/C14H14N4O/c1-10-6-12(4-5-13(10)19-3)18(2)14-7-11(8-15)16-9-17-14/h4-7,9H,1-3H3. The Hall–Kier alpha value is -2.61. The molecule has 0 unspecified atom stereocenters. The lowest BCUT2D eigenvalue weighted by Gasteiger charge is -2.19. The summed E-state index contributed by atoms with van der Waals surface area (Å²) in [4.78, 5) is 9.93. The number of ether oxygens (including phenoxy) is 1. The second-order valence-electron chi connectivity index (χ2n) is 4.09. The molecule has 5 nitrogen and oxygen atoms in total. The summed E-state index contributed by atoms with van der Waals surface area (Å²) in [5.41, 5.74) is 2.37. The highest BCUT2D eigenvalue weighted by atomic mass is 16.5. The van der Waals surface area contributed by atoms with Crippen LogP contribution in [0.1, 0.15) is 11.3 Å². The second kappa shape index (κ2) is 5.36. The first-order chi connectivity index (χ1) is 9.15. The highest BCUT2D eigenvalue weighted by molar-refractivity contribution is 5.62. The van der Waals surface area contributed by atoms with Gasteiger partial charge in [0.2, 0.25) is 0 Å². The lowest BCUT2D eigenvalue weighted by Crippen LogP contribution is -2.12. The molecule has 0 radical (unpaired) electrons. The number of hydrogen-bond donors (Lipinski definition) is 0. The SMILES string of the molecule is COc1ccc(N(C)c2cc(C#N)ncn2)cc1C. The van der Waals surface area contributed by atoms with E-state index in [0.717, 1.165) is 17.0 Å². The molecule has 0 saturated heterocycles. The van der Waals surface area contributed by atoms with E-state index >= 15 is 0 Å². The van der Waals surface area contributed by atoms with E-state index in [0.29, 0.717) is 11.5 Å². The number of nitrogens with zero attached hydrogens (tertiary/aromatic N) is 4. The van der Waals surface area contributed by atoms with Crippen LogP contribution in [0, 0.1) is 18.3 Å². The number of nitriles is 1. The Morgan fingerprint density at radius 3 is 2.68 bits per heavy atom. The van der Waals surface area contributed by atoms with Crippen molar-refractivity contribution < 1.29 is 4.74 Å². The maximum Gasteiger partial charge on any atom is 0.145 e. The van der Waals surface area contributed by atoms with Gasteiger partial charge in [0, 0.05) is 18.8 Å². The van der Waals surface area contributed by atoms with E-state index in [1.165, 1.54) is 6.33 Å². The Morgan fingerprint density at radius 2 is 2.05 bits per heavy atom. The Labute approximate surface area is 112 Å². The fraction of sp³-hybridized carbons (Fsp3) is 0.214. The third kappa shape index (κ3) is 2.63. The molecule has 1 aromatic carbocycles. The van der Waals surface area contributed by atoms with E-state index in [-0.39, 0.29) is 0 Å². The van der Waals surface area contributed by atoms with Crippen molar-refractivity contribution in [2.24, 2.45) is 0 Å². The van der Waals surface area contributed by atoms with Crippen molar-refractivity contribution in [2.75, 3.05) is 19.1 Å². The maximum absolute atomic E-state index is 8.85. The van der Waals surface area contributed by atoms with Crippen molar-refractivity contribution in [1.29, 1.82) is 5.26 Å². The summed E-state index contributed by atoms with van der Waals surface area (Å²) in [5.74, 6) is 1.52. The lowest BCUT2D eigenvalue weighted by molar-refractivity contribution is 0.412. The maximum atomic E-state index is 8.85. The van der Waals surface area contributed by atoms with Gasteiger partial charge in [0.25, 0.3) is 0 Å². The quantitative estimate of drug-likeness (QED) is 0.841. The third-order valence-corrected chi connectivity index (χ3v) is 2.88. The molecule has 0 saturated carbocycles. The minimum Gasteiger partial charge on any atom is -0.496 e. The lowest BCUT2D eigenvalue weighted by atomic mass is 10.2. The van der Waals surface area contributed by atoms with E-state index in [2.05, 4.69) is 9.97 Å². The number of rotatable bonds is 3. The highest BCUT2D eigenvalue weighted by Crippen LogP contribution is 2.27. The predicted molar refractivity (Wildman–Crippen MR) is 72.5 cm³/mol. The van der Waals surface area contributed by atoms with Crippen LogP contribution in [0.2, 0.25) is 0 Å². The largest absolute Gasteiger partial charge is 0.496 e. The molecule has 1 heterocycles. The van der Waals surface area contributed by atoms with E-state index in [1.807, 2.05) is 43.1 Å². The zero-order chi connectivity index (χ0) is 13.8. The second-order valence-corrected chi connectivity index (χ2v) is 4.09. The molecule has 0 amide bonds. The Balaban J connectivity index is 2.36. The molecule has 0 spiro atoms. The molecular weight excluding hydrogens is 240 g/mol. The molecule has 5 heteroatoms. The van der Waals surface area contributed by atoms with Crippen LogP contribution in [0.5, 0.6) is 5.75 Å². The fourth-order valence-electron chi connectivity index (χ4n) is 1.80. The summed E-state index contributed by atoms with van der Waals surface area (Å²) < 4.78 is 5.23. The Morgan fingerprint density at radius 1 is 1.26 bits per heavy atom. The van der Waals surface area contributed by atoms with E-state index in [4.69, 9.17) is 10.00 Å². The summed E-state index contributed by atoms with van der Waals surface area (Å²) in [7, 11) is 3.54. The van der Waals surface area contributed by atoms with Gasteiger partial charge in [0.1, 0.15) is 29.7 Å². The van der Waals surface area contributed by atoms with Crippen LogP contribution in [0.4, 0.5) is 11.5 Å². The molecule has 0 N–H and O–H groups in total. The van der Waals surface area contributed by atoms with Crippen LogP contribution in [0.25, 0.3) is 0 Å². The van der Waals surface area contributed by atoms with E-state index in [9.17, 15) is 0 Å². The van der Waals surface area contributed by atoms with Crippen molar-refractivity contribution in [2.45, 2.75) is 6.92 Å². The molecule has 0 atom stereocenters. The molecule has 19 heavy (non-hydrogen) atoms. The average Bonchev–Trinajstić information content (AvgIpc) is 2.46. The van der Waals surface area contributed by atoms with Crippen LogP contribution in [-0.2, 0) is 0 Å². The number of aromatic nitrogens is 2. The minimum absolute atomic E-state index is 0.349. The van der Waals surface area contributed by atoms with Gasteiger partial charge in [-0.15, -0.1) is 0 Å². The zero-order valence-corrected chi connectivity index (χ0v) is 11.1. The van der Waals surface area contributed by atoms with Crippen LogP contribution < -0.4 is 9.64 Å². The zero-order valence-electron chi connectivity index (χ0n) is 11.1. The number of anilines is 2. The van der Waals surface area contributed by atoms with Crippen LogP contribution >= 0.6 is 0 Å². The monoisotopic (exact) mass is 254 g/mol. The first-order valence-electron chi connectivity index (χ1n) is 5.76. The molecule has 0 aliphatic heterocycles. The van der Waals surface area contributed by atoms with Crippen LogP contribution in [0.15, 0.2) is 30.6 Å². The molecule has 2 rings (SSSR count). The van der Waals surface area contributed by atoms with Crippen molar-refractivity contribution in [3.8, 4) is 11.8 Å². The van der Waals surface area contributed by atoms with Gasteiger partial charge in [-0.3, -0.25) is 0 Å². The first-order valence-corrected chi connectivity index (χ1v) is 5.76. The van der Waals surface area contributed by atoms with Gasteiger partial charge in [0.15, 0.2) is 0 Å². The van der Waals surface area contributed by atoms with Gasteiger partial charge in [-0.1, -0.05) is 0 Å². The fourth-order valence-corrected chi connectivity index (χ4v) is 1.80. The van der Waals surface area contributed by atoms with Gasteiger partial charge < -0.3 is 9.64 Å².